The number of aryl methyl sites for hydroxylation is 1. The molecule has 6 heteroatoms. The van der Waals surface area contributed by atoms with Gasteiger partial charge >= 0.3 is 0 Å². The Hall–Kier alpha value is -0.430. The third-order valence-electron chi connectivity index (χ3n) is 2.69. The summed E-state index contributed by atoms with van der Waals surface area (Å²) < 4.78 is 26.5. The van der Waals surface area contributed by atoms with Crippen LogP contribution < -0.4 is 0 Å². The van der Waals surface area contributed by atoms with E-state index in [-0.39, 0.29) is 11.5 Å². The van der Waals surface area contributed by atoms with Crippen LogP contribution in [0, 0.1) is 6.92 Å². The van der Waals surface area contributed by atoms with E-state index in [1.807, 2.05) is 0 Å². The van der Waals surface area contributed by atoms with Crippen LogP contribution in [0.15, 0.2) is 27.6 Å². The fraction of sp³-hybridized carbons (Fsp3) is 0.455. The van der Waals surface area contributed by atoms with Crippen molar-refractivity contribution in [3.63, 3.8) is 0 Å². The number of nitrogens with zero attached hydrogens (tertiary/aromatic N) is 1. The van der Waals surface area contributed by atoms with Crippen molar-refractivity contribution in [2.24, 2.45) is 0 Å². The van der Waals surface area contributed by atoms with E-state index < -0.39 is 16.1 Å². The highest BCUT2D eigenvalue weighted by Gasteiger charge is 2.26. The maximum Gasteiger partial charge on any atom is 0.243 e. The Balaban J connectivity index is 3.26. The summed E-state index contributed by atoms with van der Waals surface area (Å²) >= 11 is 3.26. The van der Waals surface area contributed by atoms with Crippen LogP contribution in [0.1, 0.15) is 12.5 Å². The second-order valence-corrected chi connectivity index (χ2v) is 6.84. The molecule has 0 aliphatic rings. The molecule has 0 aromatic heterocycles. The number of halogens is 1. The highest BCUT2D eigenvalue weighted by Crippen LogP contribution is 2.24. The average Bonchev–Trinajstić information content (AvgIpc) is 2.30. The molecule has 1 aromatic rings. The first kappa shape index (κ1) is 14.6. The van der Waals surface area contributed by atoms with Crippen molar-refractivity contribution in [1.29, 1.82) is 0 Å². The lowest BCUT2D eigenvalue weighted by atomic mass is 10.2. The van der Waals surface area contributed by atoms with Crippen LogP contribution in [0.3, 0.4) is 0 Å². The predicted octanol–water partition coefficient (Wildman–Crippen LogP) is 1.76. The Labute approximate surface area is 110 Å². The minimum absolute atomic E-state index is 0.206. The fourth-order valence-corrected chi connectivity index (χ4v) is 3.47. The molecule has 4 nitrogen and oxygen atoms in total. The van der Waals surface area contributed by atoms with Gasteiger partial charge in [-0.1, -0.05) is 22.0 Å². The maximum atomic E-state index is 12.3. The van der Waals surface area contributed by atoms with Crippen molar-refractivity contribution in [3.8, 4) is 0 Å². The van der Waals surface area contributed by atoms with Crippen molar-refractivity contribution in [3.05, 3.63) is 28.2 Å². The summed E-state index contributed by atoms with van der Waals surface area (Å²) in [6, 6.07) is 4.67. The minimum atomic E-state index is -3.56. The summed E-state index contributed by atoms with van der Waals surface area (Å²) in [6.45, 7) is 3.20. The number of hydrogen-bond donors (Lipinski definition) is 1. The zero-order valence-corrected chi connectivity index (χ0v) is 12.4. The van der Waals surface area contributed by atoms with Crippen LogP contribution in [0.4, 0.5) is 0 Å². The first-order chi connectivity index (χ1) is 7.80. The van der Waals surface area contributed by atoms with Crippen molar-refractivity contribution >= 4 is 26.0 Å². The summed E-state index contributed by atoms with van der Waals surface area (Å²) in [5, 5.41) is 9.02. The van der Waals surface area contributed by atoms with E-state index in [4.69, 9.17) is 5.11 Å². The zero-order chi connectivity index (χ0) is 13.2. The highest BCUT2D eigenvalue weighted by molar-refractivity contribution is 9.10. The molecule has 0 radical (unpaired) electrons. The van der Waals surface area contributed by atoms with E-state index in [1.54, 1.807) is 32.0 Å². The molecular weight excluding hydrogens is 306 g/mol. The van der Waals surface area contributed by atoms with Crippen LogP contribution in [0.5, 0.6) is 0 Å². The lowest BCUT2D eigenvalue weighted by Gasteiger charge is -2.23. The Bertz CT molecular complexity index is 501. The second kappa shape index (κ2) is 5.48. The van der Waals surface area contributed by atoms with Gasteiger partial charge in [-0.3, -0.25) is 0 Å². The molecule has 0 amide bonds. The van der Waals surface area contributed by atoms with Crippen molar-refractivity contribution in [1.82, 2.24) is 4.31 Å². The lowest BCUT2D eigenvalue weighted by Crippen LogP contribution is -2.37. The molecule has 1 rings (SSSR count). The lowest BCUT2D eigenvalue weighted by molar-refractivity contribution is 0.214. The number of rotatable bonds is 4. The summed E-state index contributed by atoms with van der Waals surface area (Å²) in [4.78, 5) is 0.259. The third-order valence-corrected chi connectivity index (χ3v) is 5.30. The summed E-state index contributed by atoms with van der Waals surface area (Å²) in [7, 11) is -2.09. The largest absolute Gasteiger partial charge is 0.395 e. The molecule has 0 spiro atoms. The van der Waals surface area contributed by atoms with Crippen LogP contribution in [-0.2, 0) is 10.0 Å². The number of aliphatic hydroxyl groups excluding tert-OH is 1. The van der Waals surface area contributed by atoms with E-state index in [0.29, 0.717) is 10.0 Å². The Morgan fingerprint density at radius 1 is 1.47 bits per heavy atom. The molecule has 0 aliphatic carbocycles. The zero-order valence-electron chi connectivity index (χ0n) is 10.0. The molecular formula is C11H16BrNO3S. The smallest absolute Gasteiger partial charge is 0.243 e. The van der Waals surface area contributed by atoms with Gasteiger partial charge in [-0.2, -0.15) is 4.31 Å². The van der Waals surface area contributed by atoms with Gasteiger partial charge in [0.15, 0.2) is 0 Å². The summed E-state index contributed by atoms with van der Waals surface area (Å²) in [5.41, 5.74) is 0.685. The van der Waals surface area contributed by atoms with Gasteiger partial charge in [-0.05, 0) is 31.5 Å². The first-order valence-electron chi connectivity index (χ1n) is 5.15. The quantitative estimate of drug-likeness (QED) is 0.919. The normalized spacial score (nSPS) is 14.0. The highest BCUT2D eigenvalue weighted by atomic mass is 79.9. The van der Waals surface area contributed by atoms with Gasteiger partial charge in [0, 0.05) is 17.6 Å². The van der Waals surface area contributed by atoms with E-state index in [0.717, 1.165) is 0 Å². The first-order valence-corrected chi connectivity index (χ1v) is 7.39. The van der Waals surface area contributed by atoms with Crippen LogP contribution in [0.25, 0.3) is 0 Å². The third kappa shape index (κ3) is 3.07. The monoisotopic (exact) mass is 321 g/mol. The van der Waals surface area contributed by atoms with E-state index in [2.05, 4.69) is 15.9 Å². The molecule has 1 atom stereocenters. The molecule has 0 fully saturated rings. The molecule has 17 heavy (non-hydrogen) atoms. The number of aliphatic hydroxyl groups is 1. The van der Waals surface area contributed by atoms with Crippen molar-refractivity contribution in [2.75, 3.05) is 13.7 Å². The molecule has 1 N–H and O–H groups in total. The Morgan fingerprint density at radius 2 is 2.06 bits per heavy atom. The second-order valence-electron chi connectivity index (χ2n) is 3.96. The number of benzene rings is 1. The van der Waals surface area contributed by atoms with Gasteiger partial charge < -0.3 is 5.11 Å². The molecule has 96 valence electrons. The van der Waals surface area contributed by atoms with Crippen molar-refractivity contribution < 1.29 is 13.5 Å². The van der Waals surface area contributed by atoms with E-state index in [1.165, 1.54) is 11.4 Å². The molecule has 1 unspecified atom stereocenters. The summed E-state index contributed by atoms with van der Waals surface area (Å²) in [5.74, 6) is 0. The van der Waals surface area contributed by atoms with Gasteiger partial charge in [0.2, 0.25) is 10.0 Å². The van der Waals surface area contributed by atoms with E-state index in [9.17, 15) is 8.42 Å². The van der Waals surface area contributed by atoms with Gasteiger partial charge in [0.25, 0.3) is 0 Å². The number of likely N-dealkylation sites (N-methyl/N-ethyl adjacent to an activating group) is 1. The Kier molecular flexibility index (Phi) is 4.71. The summed E-state index contributed by atoms with van der Waals surface area (Å²) in [6.07, 6.45) is 0. The van der Waals surface area contributed by atoms with Gasteiger partial charge in [-0.15, -0.1) is 0 Å². The van der Waals surface area contributed by atoms with Crippen LogP contribution in [0.2, 0.25) is 0 Å². The molecule has 0 heterocycles. The average molecular weight is 322 g/mol. The fourth-order valence-electron chi connectivity index (χ4n) is 1.36. The predicted molar refractivity (Wildman–Crippen MR) is 70.4 cm³/mol. The topological polar surface area (TPSA) is 57.6 Å². The van der Waals surface area contributed by atoms with Crippen LogP contribution in [-0.4, -0.2) is 37.5 Å². The molecule has 0 bridgehead atoms. The van der Waals surface area contributed by atoms with Crippen LogP contribution >= 0.6 is 15.9 Å². The standard InChI is InChI=1S/C11H16BrNO3S/c1-8-4-5-10(12)6-11(8)17(15,16)13(3)9(2)7-14/h4-6,9,14H,7H2,1-3H3. The Morgan fingerprint density at radius 3 is 2.59 bits per heavy atom. The number of sulfonamides is 1. The molecule has 0 saturated heterocycles. The SMILES string of the molecule is Cc1ccc(Br)cc1S(=O)(=O)N(C)C(C)CO. The van der Waals surface area contributed by atoms with Crippen molar-refractivity contribution in [2.45, 2.75) is 24.8 Å². The molecule has 0 saturated carbocycles. The van der Waals surface area contributed by atoms with E-state index >= 15 is 0 Å². The van der Waals surface area contributed by atoms with Gasteiger partial charge in [-0.25, -0.2) is 8.42 Å². The molecule has 1 aromatic carbocycles. The maximum absolute atomic E-state index is 12.3. The molecule has 0 aliphatic heterocycles. The number of hydrogen-bond acceptors (Lipinski definition) is 3. The van der Waals surface area contributed by atoms with Gasteiger partial charge in [0.1, 0.15) is 0 Å². The minimum Gasteiger partial charge on any atom is -0.395 e. The van der Waals surface area contributed by atoms with Gasteiger partial charge in [0.05, 0.1) is 11.5 Å².